The molecule has 2 amide bonds. The summed E-state index contributed by atoms with van der Waals surface area (Å²) >= 11 is 1.72. The molecule has 8 heteroatoms. The van der Waals surface area contributed by atoms with Gasteiger partial charge in [-0.1, -0.05) is 18.2 Å². The zero-order chi connectivity index (χ0) is 22.8. The minimum absolute atomic E-state index is 0.00940. The average Bonchev–Trinajstić information content (AvgIpc) is 3.39. The van der Waals surface area contributed by atoms with E-state index in [4.69, 9.17) is 4.74 Å². The first-order valence-corrected chi connectivity index (χ1v) is 12.1. The van der Waals surface area contributed by atoms with Gasteiger partial charge in [0.25, 0.3) is 5.91 Å². The number of fused-ring (bicyclic) bond motifs is 4. The summed E-state index contributed by atoms with van der Waals surface area (Å²) < 4.78 is 20.7. The molecule has 0 saturated carbocycles. The van der Waals surface area contributed by atoms with Crippen LogP contribution in [0.1, 0.15) is 35.2 Å². The van der Waals surface area contributed by atoms with Crippen LogP contribution in [0.3, 0.4) is 0 Å². The smallest absolute Gasteiger partial charge is 0.255 e. The number of ether oxygens (including phenoxy) is 1. The molecule has 2 atom stereocenters. The van der Waals surface area contributed by atoms with Crippen LogP contribution in [0.15, 0.2) is 47.8 Å². The molecule has 0 aliphatic carbocycles. The number of carbonyl (C=O) groups is 2. The summed E-state index contributed by atoms with van der Waals surface area (Å²) in [6.07, 6.45) is 2.18. The molecule has 33 heavy (non-hydrogen) atoms. The van der Waals surface area contributed by atoms with Gasteiger partial charge in [0, 0.05) is 36.3 Å². The van der Waals surface area contributed by atoms with Crippen LogP contribution in [0.5, 0.6) is 5.75 Å². The fraction of sp³-hybridized carbons (Fsp3) is 0.360. The zero-order valence-corrected chi connectivity index (χ0v) is 19.0. The lowest BCUT2D eigenvalue weighted by Crippen LogP contribution is -2.44. The average molecular weight is 468 g/mol. The number of nitrogens with one attached hydrogen (secondary N) is 2. The number of amides is 2. The van der Waals surface area contributed by atoms with Gasteiger partial charge in [-0.05, 0) is 53.4 Å². The van der Waals surface area contributed by atoms with E-state index in [0.717, 1.165) is 19.4 Å². The number of rotatable bonds is 2. The Labute approximate surface area is 195 Å². The van der Waals surface area contributed by atoms with Crippen molar-refractivity contribution < 1.29 is 18.7 Å². The molecule has 1 aromatic heterocycles. The van der Waals surface area contributed by atoms with Crippen molar-refractivity contribution in [3.8, 4) is 5.75 Å². The molecule has 2 aromatic carbocycles. The van der Waals surface area contributed by atoms with Gasteiger partial charge in [0.2, 0.25) is 5.91 Å². The number of nitrogens with zero attached hydrogens (tertiary/aromatic N) is 1. The van der Waals surface area contributed by atoms with E-state index in [1.807, 2.05) is 12.1 Å². The molecular weight excluding hydrogens is 441 g/mol. The third-order valence-electron chi connectivity index (χ3n) is 6.47. The molecule has 2 aliphatic rings. The highest BCUT2D eigenvalue weighted by Crippen LogP contribution is 2.33. The van der Waals surface area contributed by atoms with E-state index in [9.17, 15) is 14.0 Å². The van der Waals surface area contributed by atoms with E-state index < -0.39 is 5.82 Å². The minimum atomic E-state index is -0.492. The Hall–Kier alpha value is -2.97. The van der Waals surface area contributed by atoms with E-state index in [0.29, 0.717) is 25.3 Å². The standard InChI is InChI=1S/C25H26FN3O3S/c26-17-5-8-22-21(11-17)25(31)28-13-19-7-6-18(12-24(30)27-9-10-32-22)29(19)14-16-15-33-23-4-2-1-3-20(16)23/h1-5,8,11,15,18-19H,6-7,9-10,12-14H2,(H,27,30)(H,28,31)/t18-,19+/m0/s1. The Morgan fingerprint density at radius 3 is 2.85 bits per heavy atom. The number of benzene rings is 2. The van der Waals surface area contributed by atoms with Crippen molar-refractivity contribution in [2.24, 2.45) is 0 Å². The third kappa shape index (κ3) is 4.72. The van der Waals surface area contributed by atoms with E-state index >= 15 is 0 Å². The summed E-state index contributed by atoms with van der Waals surface area (Å²) in [5, 5.41) is 9.32. The second-order valence-electron chi connectivity index (χ2n) is 8.57. The van der Waals surface area contributed by atoms with Gasteiger partial charge in [0.15, 0.2) is 0 Å². The predicted octanol–water partition coefficient (Wildman–Crippen LogP) is 3.70. The van der Waals surface area contributed by atoms with Gasteiger partial charge in [0.05, 0.1) is 12.1 Å². The molecule has 1 saturated heterocycles. The number of hydrogen-bond donors (Lipinski definition) is 2. The first kappa shape index (κ1) is 21.9. The summed E-state index contributed by atoms with van der Waals surface area (Å²) in [6, 6.07) is 12.4. The number of thiophene rings is 1. The van der Waals surface area contributed by atoms with Crippen LogP contribution in [0.25, 0.3) is 10.1 Å². The van der Waals surface area contributed by atoms with Gasteiger partial charge in [0.1, 0.15) is 18.2 Å². The van der Waals surface area contributed by atoms with Crippen LogP contribution >= 0.6 is 11.3 Å². The highest BCUT2D eigenvalue weighted by atomic mass is 32.1. The van der Waals surface area contributed by atoms with E-state index in [1.165, 1.54) is 33.8 Å². The molecule has 3 heterocycles. The molecule has 1 fully saturated rings. The fourth-order valence-corrected chi connectivity index (χ4v) is 5.77. The van der Waals surface area contributed by atoms with Crippen LogP contribution in [-0.2, 0) is 11.3 Å². The van der Waals surface area contributed by atoms with Crippen LogP contribution in [-0.4, -0.2) is 48.5 Å². The zero-order valence-electron chi connectivity index (χ0n) is 18.2. The number of halogens is 1. The molecule has 6 nitrogen and oxygen atoms in total. The second-order valence-corrected chi connectivity index (χ2v) is 9.48. The lowest BCUT2D eigenvalue weighted by molar-refractivity contribution is -0.122. The van der Waals surface area contributed by atoms with Crippen LogP contribution in [0.2, 0.25) is 0 Å². The van der Waals surface area contributed by atoms with E-state index in [-0.39, 0.29) is 36.1 Å². The summed E-state index contributed by atoms with van der Waals surface area (Å²) in [4.78, 5) is 27.9. The summed E-state index contributed by atoms with van der Waals surface area (Å²) in [5.41, 5.74) is 1.41. The first-order valence-electron chi connectivity index (χ1n) is 11.3. The Bertz CT molecular complexity index is 1180. The summed E-state index contributed by atoms with van der Waals surface area (Å²) in [6.45, 7) is 1.67. The summed E-state index contributed by atoms with van der Waals surface area (Å²) in [7, 11) is 0. The Morgan fingerprint density at radius 2 is 1.94 bits per heavy atom. The quantitative estimate of drug-likeness (QED) is 0.603. The Morgan fingerprint density at radius 1 is 1.09 bits per heavy atom. The lowest BCUT2D eigenvalue weighted by Gasteiger charge is -2.30. The Balaban J connectivity index is 1.41. The molecule has 0 radical (unpaired) electrons. The van der Waals surface area contributed by atoms with E-state index in [2.05, 4.69) is 33.0 Å². The molecule has 172 valence electrons. The largest absolute Gasteiger partial charge is 0.491 e. The minimum Gasteiger partial charge on any atom is -0.491 e. The molecule has 2 aliphatic heterocycles. The van der Waals surface area contributed by atoms with Crippen LogP contribution in [0, 0.1) is 5.82 Å². The molecule has 0 unspecified atom stereocenters. The number of carbonyl (C=O) groups excluding carboxylic acids is 2. The topological polar surface area (TPSA) is 70.7 Å². The van der Waals surface area contributed by atoms with Crippen molar-refractivity contribution in [3.05, 3.63) is 64.8 Å². The SMILES string of the molecule is O=C1C[C@@H]2CC[C@H](CNC(=O)c3cc(F)ccc3OCCN1)N2Cc1csc2ccccc12. The Kier molecular flexibility index (Phi) is 6.28. The van der Waals surface area contributed by atoms with Gasteiger partial charge in [-0.25, -0.2) is 4.39 Å². The maximum atomic E-state index is 13.9. The predicted molar refractivity (Wildman–Crippen MR) is 126 cm³/mol. The van der Waals surface area contributed by atoms with Crippen molar-refractivity contribution in [3.63, 3.8) is 0 Å². The van der Waals surface area contributed by atoms with Gasteiger partial charge >= 0.3 is 0 Å². The molecule has 5 rings (SSSR count). The maximum Gasteiger partial charge on any atom is 0.255 e. The van der Waals surface area contributed by atoms with Crippen molar-refractivity contribution in [1.82, 2.24) is 15.5 Å². The van der Waals surface area contributed by atoms with Crippen LogP contribution in [0.4, 0.5) is 4.39 Å². The van der Waals surface area contributed by atoms with Gasteiger partial charge in [-0.2, -0.15) is 0 Å². The van der Waals surface area contributed by atoms with Crippen molar-refractivity contribution in [2.45, 2.75) is 37.9 Å². The van der Waals surface area contributed by atoms with Gasteiger partial charge in [-0.3, -0.25) is 14.5 Å². The fourth-order valence-electron chi connectivity index (χ4n) is 4.81. The van der Waals surface area contributed by atoms with Crippen molar-refractivity contribution >= 4 is 33.2 Å². The number of hydrogen-bond acceptors (Lipinski definition) is 5. The van der Waals surface area contributed by atoms with Gasteiger partial charge in [-0.15, -0.1) is 11.3 Å². The molecule has 2 bridgehead atoms. The molecule has 2 N–H and O–H groups in total. The molecule has 0 spiro atoms. The highest BCUT2D eigenvalue weighted by molar-refractivity contribution is 7.17. The molecular formula is C25H26FN3O3S. The first-order chi connectivity index (χ1) is 16.1. The maximum absolute atomic E-state index is 13.9. The monoisotopic (exact) mass is 467 g/mol. The molecule has 3 aromatic rings. The van der Waals surface area contributed by atoms with Crippen LogP contribution < -0.4 is 15.4 Å². The lowest BCUT2D eigenvalue weighted by atomic mass is 10.1. The van der Waals surface area contributed by atoms with Crippen molar-refractivity contribution in [2.75, 3.05) is 19.7 Å². The third-order valence-corrected chi connectivity index (χ3v) is 7.48. The summed E-state index contributed by atoms with van der Waals surface area (Å²) in [5.74, 6) is -0.542. The highest BCUT2D eigenvalue weighted by Gasteiger charge is 2.35. The van der Waals surface area contributed by atoms with E-state index in [1.54, 1.807) is 11.3 Å². The second kappa shape index (κ2) is 9.49. The normalized spacial score (nSPS) is 22.2. The van der Waals surface area contributed by atoms with Crippen molar-refractivity contribution in [1.29, 1.82) is 0 Å². The van der Waals surface area contributed by atoms with Gasteiger partial charge < -0.3 is 15.4 Å².